The lowest BCUT2D eigenvalue weighted by atomic mass is 9.79. The number of carbonyl (C=O) groups is 2. The molecule has 0 bridgehead atoms. The third-order valence-electron chi connectivity index (χ3n) is 3.87. The second-order valence-electron chi connectivity index (χ2n) is 5.69. The first-order chi connectivity index (χ1) is 10.8. The summed E-state index contributed by atoms with van der Waals surface area (Å²) in [6, 6.07) is 12.7. The van der Waals surface area contributed by atoms with E-state index in [0.717, 1.165) is 0 Å². The van der Waals surface area contributed by atoms with E-state index in [9.17, 15) is 19.1 Å². The number of halogens is 1. The second kappa shape index (κ2) is 6.60. The lowest BCUT2D eigenvalue weighted by Crippen LogP contribution is -2.36. The number of rotatable bonds is 5. The van der Waals surface area contributed by atoms with Gasteiger partial charge in [0.25, 0.3) is 0 Å². The van der Waals surface area contributed by atoms with Gasteiger partial charge in [0.2, 0.25) is 5.91 Å². The van der Waals surface area contributed by atoms with Crippen LogP contribution >= 0.6 is 0 Å². The molecule has 2 N–H and O–H groups in total. The molecule has 5 heteroatoms. The van der Waals surface area contributed by atoms with Crippen LogP contribution in [0.2, 0.25) is 0 Å². The van der Waals surface area contributed by atoms with Gasteiger partial charge < -0.3 is 10.4 Å². The minimum Gasteiger partial charge on any atom is -0.481 e. The second-order valence-corrected chi connectivity index (χ2v) is 5.69. The molecule has 0 fully saturated rings. The molecule has 0 aromatic heterocycles. The van der Waals surface area contributed by atoms with Crippen LogP contribution in [0.1, 0.15) is 24.5 Å². The Labute approximate surface area is 134 Å². The molecule has 1 unspecified atom stereocenters. The largest absolute Gasteiger partial charge is 0.481 e. The number of anilines is 1. The van der Waals surface area contributed by atoms with E-state index in [4.69, 9.17) is 0 Å². The van der Waals surface area contributed by atoms with Gasteiger partial charge in [0.05, 0.1) is 5.41 Å². The van der Waals surface area contributed by atoms with Crippen LogP contribution < -0.4 is 5.32 Å². The van der Waals surface area contributed by atoms with Crippen LogP contribution in [0.25, 0.3) is 0 Å². The highest BCUT2D eigenvalue weighted by atomic mass is 19.1. The van der Waals surface area contributed by atoms with E-state index < -0.39 is 23.1 Å². The number of aryl methyl sites for hydroxylation is 1. The Hall–Kier alpha value is -2.69. The van der Waals surface area contributed by atoms with E-state index in [0.29, 0.717) is 16.8 Å². The summed E-state index contributed by atoms with van der Waals surface area (Å²) in [6.07, 6.45) is -0.248. The molecule has 0 heterocycles. The highest BCUT2D eigenvalue weighted by Crippen LogP contribution is 2.29. The summed E-state index contributed by atoms with van der Waals surface area (Å²) in [6.45, 7) is 3.24. The SMILES string of the molecule is Cc1ccc(F)cc1NC(=O)CC(C)(C(=O)O)c1ccccc1. The third-order valence-corrected chi connectivity index (χ3v) is 3.87. The average Bonchev–Trinajstić information content (AvgIpc) is 2.51. The number of amides is 1. The van der Waals surface area contributed by atoms with Gasteiger partial charge in [-0.3, -0.25) is 9.59 Å². The van der Waals surface area contributed by atoms with Crippen LogP contribution in [0.15, 0.2) is 48.5 Å². The molecule has 1 atom stereocenters. The summed E-state index contributed by atoms with van der Waals surface area (Å²) >= 11 is 0. The summed E-state index contributed by atoms with van der Waals surface area (Å²) < 4.78 is 13.3. The Morgan fingerprint density at radius 3 is 2.43 bits per heavy atom. The van der Waals surface area contributed by atoms with Gasteiger partial charge in [-0.15, -0.1) is 0 Å². The highest BCUT2D eigenvalue weighted by molar-refractivity contribution is 5.96. The molecular formula is C18H18FNO3. The van der Waals surface area contributed by atoms with Crippen molar-refractivity contribution in [3.8, 4) is 0 Å². The first-order valence-corrected chi connectivity index (χ1v) is 7.18. The van der Waals surface area contributed by atoms with Gasteiger partial charge in [0.1, 0.15) is 5.82 Å². The fourth-order valence-corrected chi connectivity index (χ4v) is 2.35. The molecular weight excluding hydrogens is 297 g/mol. The highest BCUT2D eigenvalue weighted by Gasteiger charge is 2.37. The molecule has 0 saturated heterocycles. The molecule has 4 nitrogen and oxygen atoms in total. The lowest BCUT2D eigenvalue weighted by molar-refractivity contribution is -0.145. The molecule has 1 amide bonds. The number of carboxylic acid groups (broad SMARTS) is 1. The van der Waals surface area contributed by atoms with Crippen molar-refractivity contribution in [2.24, 2.45) is 0 Å². The molecule has 0 radical (unpaired) electrons. The molecule has 0 aliphatic carbocycles. The molecule has 23 heavy (non-hydrogen) atoms. The van der Waals surface area contributed by atoms with Crippen LogP contribution in [-0.2, 0) is 15.0 Å². The quantitative estimate of drug-likeness (QED) is 0.887. The lowest BCUT2D eigenvalue weighted by Gasteiger charge is -2.25. The average molecular weight is 315 g/mol. The number of hydrogen-bond donors (Lipinski definition) is 2. The van der Waals surface area contributed by atoms with Crippen LogP contribution in [0, 0.1) is 12.7 Å². The number of benzene rings is 2. The van der Waals surface area contributed by atoms with E-state index in [1.807, 2.05) is 0 Å². The predicted molar refractivity (Wildman–Crippen MR) is 85.8 cm³/mol. The van der Waals surface area contributed by atoms with Crippen molar-refractivity contribution in [2.75, 3.05) is 5.32 Å². The Bertz CT molecular complexity index is 730. The van der Waals surface area contributed by atoms with E-state index in [2.05, 4.69) is 5.32 Å². The van der Waals surface area contributed by atoms with Gasteiger partial charge in [-0.2, -0.15) is 0 Å². The molecule has 2 aromatic rings. The predicted octanol–water partition coefficient (Wildman–Crippen LogP) is 3.51. The fourth-order valence-electron chi connectivity index (χ4n) is 2.35. The van der Waals surface area contributed by atoms with Crippen molar-refractivity contribution >= 4 is 17.6 Å². The van der Waals surface area contributed by atoms with Crippen molar-refractivity contribution in [1.29, 1.82) is 0 Å². The minimum atomic E-state index is -1.35. The van der Waals surface area contributed by atoms with E-state index in [1.54, 1.807) is 43.3 Å². The van der Waals surface area contributed by atoms with E-state index >= 15 is 0 Å². The third kappa shape index (κ3) is 3.74. The number of carbonyl (C=O) groups excluding carboxylic acids is 1. The molecule has 0 saturated carbocycles. The van der Waals surface area contributed by atoms with Gasteiger partial charge in [0.15, 0.2) is 0 Å². The number of nitrogens with one attached hydrogen (secondary N) is 1. The Kier molecular flexibility index (Phi) is 4.79. The smallest absolute Gasteiger partial charge is 0.314 e. The van der Waals surface area contributed by atoms with Crippen molar-refractivity contribution < 1.29 is 19.1 Å². The van der Waals surface area contributed by atoms with Gasteiger partial charge >= 0.3 is 5.97 Å². The summed E-state index contributed by atoms with van der Waals surface area (Å²) in [4.78, 5) is 24.0. The van der Waals surface area contributed by atoms with Crippen LogP contribution in [0.4, 0.5) is 10.1 Å². The van der Waals surface area contributed by atoms with Crippen LogP contribution in [0.3, 0.4) is 0 Å². The molecule has 2 rings (SSSR count). The number of hydrogen-bond acceptors (Lipinski definition) is 2. The Morgan fingerprint density at radius 2 is 1.83 bits per heavy atom. The van der Waals surface area contributed by atoms with Gasteiger partial charge in [-0.1, -0.05) is 36.4 Å². The van der Waals surface area contributed by atoms with Gasteiger partial charge in [-0.05, 0) is 37.1 Å². The van der Waals surface area contributed by atoms with E-state index in [1.165, 1.54) is 19.1 Å². The Morgan fingerprint density at radius 1 is 1.17 bits per heavy atom. The summed E-state index contributed by atoms with van der Waals surface area (Å²) in [7, 11) is 0. The maximum absolute atomic E-state index is 13.3. The molecule has 0 aliphatic heterocycles. The first kappa shape index (κ1) is 16.7. The van der Waals surface area contributed by atoms with E-state index in [-0.39, 0.29) is 6.42 Å². The molecule has 2 aromatic carbocycles. The van der Waals surface area contributed by atoms with Crippen molar-refractivity contribution in [3.05, 3.63) is 65.5 Å². The zero-order chi connectivity index (χ0) is 17.0. The van der Waals surface area contributed by atoms with Crippen molar-refractivity contribution in [3.63, 3.8) is 0 Å². The molecule has 0 spiro atoms. The van der Waals surface area contributed by atoms with Crippen molar-refractivity contribution in [1.82, 2.24) is 0 Å². The molecule has 0 aliphatic rings. The normalized spacial score (nSPS) is 13.2. The monoisotopic (exact) mass is 315 g/mol. The fraction of sp³-hybridized carbons (Fsp3) is 0.222. The number of carboxylic acids is 1. The maximum atomic E-state index is 13.3. The van der Waals surface area contributed by atoms with Crippen molar-refractivity contribution in [2.45, 2.75) is 25.7 Å². The minimum absolute atomic E-state index is 0.248. The van der Waals surface area contributed by atoms with Crippen LogP contribution in [0.5, 0.6) is 0 Å². The zero-order valence-electron chi connectivity index (χ0n) is 13.0. The Balaban J connectivity index is 2.22. The summed E-state index contributed by atoms with van der Waals surface area (Å²) in [5.74, 6) is -2.03. The van der Waals surface area contributed by atoms with Crippen LogP contribution in [-0.4, -0.2) is 17.0 Å². The zero-order valence-corrected chi connectivity index (χ0v) is 13.0. The summed E-state index contributed by atoms with van der Waals surface area (Å²) in [5.41, 5.74) is 0.234. The molecule has 120 valence electrons. The topological polar surface area (TPSA) is 66.4 Å². The standard InChI is InChI=1S/C18H18FNO3/c1-12-8-9-14(19)10-15(12)20-16(21)11-18(2,17(22)23)13-6-4-3-5-7-13/h3-10H,11H2,1-2H3,(H,20,21)(H,22,23). The van der Waals surface area contributed by atoms with Gasteiger partial charge in [0, 0.05) is 12.1 Å². The maximum Gasteiger partial charge on any atom is 0.314 e. The van der Waals surface area contributed by atoms with Gasteiger partial charge in [-0.25, -0.2) is 4.39 Å². The summed E-state index contributed by atoms with van der Waals surface area (Å²) in [5, 5.41) is 12.1. The number of aliphatic carboxylic acids is 1. The first-order valence-electron chi connectivity index (χ1n) is 7.18.